The lowest BCUT2D eigenvalue weighted by Gasteiger charge is -2.13. The Labute approximate surface area is 87.9 Å². The average molecular weight is 210 g/mol. The Morgan fingerprint density at radius 3 is 3.07 bits per heavy atom. The second-order valence-corrected chi connectivity index (χ2v) is 4.98. The summed E-state index contributed by atoms with van der Waals surface area (Å²) in [6.07, 6.45) is 0. The second-order valence-electron chi connectivity index (χ2n) is 3.43. The van der Waals surface area contributed by atoms with E-state index in [-0.39, 0.29) is 5.50 Å². The summed E-state index contributed by atoms with van der Waals surface area (Å²) in [6, 6.07) is 7.18. The van der Waals surface area contributed by atoms with E-state index in [4.69, 9.17) is 0 Å². The van der Waals surface area contributed by atoms with Crippen molar-refractivity contribution in [2.24, 2.45) is 0 Å². The zero-order chi connectivity index (χ0) is 9.97. The molecular formula is C10H14N2OS. The van der Waals surface area contributed by atoms with Crippen LogP contribution in [0.1, 0.15) is 6.92 Å². The molecule has 1 aliphatic heterocycles. The van der Waals surface area contributed by atoms with E-state index < -0.39 is 0 Å². The molecule has 0 amide bonds. The lowest BCUT2D eigenvalue weighted by atomic mass is 10.3. The van der Waals surface area contributed by atoms with Crippen molar-refractivity contribution in [2.75, 3.05) is 11.9 Å². The summed E-state index contributed by atoms with van der Waals surface area (Å²) in [5.41, 5.74) is 1.20. The minimum absolute atomic E-state index is 0.256. The number of phenolic OH excluding ortho intramolecular Hbond substituents is 1. The second kappa shape index (κ2) is 4.11. The van der Waals surface area contributed by atoms with Gasteiger partial charge in [-0.05, 0) is 12.1 Å². The van der Waals surface area contributed by atoms with Crippen LogP contribution in [0.15, 0.2) is 24.3 Å². The lowest BCUT2D eigenvalue weighted by Crippen LogP contribution is -2.27. The molecule has 2 atom stereocenters. The van der Waals surface area contributed by atoms with Gasteiger partial charge in [0.25, 0.3) is 0 Å². The normalized spacial score (nSPS) is 26.4. The summed E-state index contributed by atoms with van der Waals surface area (Å²) in [6.45, 7) is 3.23. The number of nitrogens with one attached hydrogen (secondary N) is 2. The first kappa shape index (κ1) is 9.68. The van der Waals surface area contributed by atoms with Crippen molar-refractivity contribution >= 4 is 17.4 Å². The molecule has 1 unspecified atom stereocenters. The van der Waals surface area contributed by atoms with Gasteiger partial charge in [-0.2, -0.15) is 0 Å². The topological polar surface area (TPSA) is 44.3 Å². The highest BCUT2D eigenvalue weighted by molar-refractivity contribution is 8.00. The van der Waals surface area contributed by atoms with Crippen LogP contribution < -0.4 is 10.6 Å². The average Bonchev–Trinajstić information content (AvgIpc) is 2.51. The van der Waals surface area contributed by atoms with Crippen LogP contribution in [0.5, 0.6) is 5.75 Å². The molecule has 0 spiro atoms. The molecule has 0 aromatic heterocycles. The largest absolute Gasteiger partial charge is 0.508 e. The van der Waals surface area contributed by atoms with Gasteiger partial charge >= 0.3 is 0 Å². The molecule has 1 heterocycles. The van der Waals surface area contributed by atoms with E-state index in [1.807, 2.05) is 23.9 Å². The standard InChI is InChI=1S/C10H14N2OS/c1-7-6-11-10(14-7)12-8-3-2-4-9(13)5-8/h2-5,7,10-13H,6H2,1H3/t7-,10?/m0/s1. The molecule has 4 heteroatoms. The fraction of sp³-hybridized carbons (Fsp3) is 0.400. The predicted octanol–water partition coefficient (Wildman–Crippen LogP) is 1.81. The zero-order valence-corrected chi connectivity index (χ0v) is 8.84. The van der Waals surface area contributed by atoms with Gasteiger partial charge in [-0.1, -0.05) is 13.0 Å². The van der Waals surface area contributed by atoms with Crippen molar-refractivity contribution in [3.63, 3.8) is 0 Å². The Hall–Kier alpha value is -0.870. The number of benzene rings is 1. The molecule has 1 fully saturated rings. The molecule has 0 saturated carbocycles. The monoisotopic (exact) mass is 210 g/mol. The molecule has 1 aliphatic rings. The fourth-order valence-corrected chi connectivity index (χ4v) is 2.49. The quantitative estimate of drug-likeness (QED) is 0.696. The number of rotatable bonds is 2. The van der Waals surface area contributed by atoms with Crippen LogP contribution in [-0.2, 0) is 0 Å². The lowest BCUT2D eigenvalue weighted by molar-refractivity contribution is 0.475. The van der Waals surface area contributed by atoms with Crippen LogP contribution in [0.2, 0.25) is 0 Å². The first-order chi connectivity index (χ1) is 6.74. The third-order valence-corrected chi connectivity index (χ3v) is 3.29. The minimum atomic E-state index is 0.256. The van der Waals surface area contributed by atoms with E-state index >= 15 is 0 Å². The van der Waals surface area contributed by atoms with Crippen molar-refractivity contribution in [3.8, 4) is 5.75 Å². The maximum Gasteiger partial charge on any atom is 0.126 e. The fourth-order valence-electron chi connectivity index (χ4n) is 1.43. The van der Waals surface area contributed by atoms with Crippen LogP contribution >= 0.6 is 11.8 Å². The smallest absolute Gasteiger partial charge is 0.126 e. The minimum Gasteiger partial charge on any atom is -0.508 e. The molecule has 1 saturated heterocycles. The van der Waals surface area contributed by atoms with Crippen LogP contribution in [0.25, 0.3) is 0 Å². The Kier molecular flexibility index (Phi) is 2.84. The van der Waals surface area contributed by atoms with Gasteiger partial charge in [0.2, 0.25) is 0 Å². The molecule has 76 valence electrons. The van der Waals surface area contributed by atoms with Crippen LogP contribution in [0.4, 0.5) is 5.69 Å². The third kappa shape index (κ3) is 2.33. The van der Waals surface area contributed by atoms with E-state index in [2.05, 4.69) is 17.6 Å². The molecule has 0 radical (unpaired) electrons. The highest BCUT2D eigenvalue weighted by atomic mass is 32.2. The highest BCUT2D eigenvalue weighted by Crippen LogP contribution is 2.24. The molecule has 3 nitrogen and oxygen atoms in total. The van der Waals surface area contributed by atoms with Crippen molar-refractivity contribution in [1.82, 2.24) is 5.32 Å². The van der Waals surface area contributed by atoms with E-state index in [1.165, 1.54) is 0 Å². The van der Waals surface area contributed by atoms with Gasteiger partial charge in [0.1, 0.15) is 11.2 Å². The van der Waals surface area contributed by atoms with Gasteiger partial charge < -0.3 is 10.4 Å². The molecule has 1 aromatic carbocycles. The van der Waals surface area contributed by atoms with Crippen LogP contribution in [-0.4, -0.2) is 22.4 Å². The van der Waals surface area contributed by atoms with Gasteiger partial charge in [-0.15, -0.1) is 11.8 Å². The summed E-state index contributed by atoms with van der Waals surface area (Å²) in [4.78, 5) is 0. The van der Waals surface area contributed by atoms with Crippen molar-refractivity contribution in [2.45, 2.75) is 17.7 Å². The van der Waals surface area contributed by atoms with Gasteiger partial charge in [-0.25, -0.2) is 0 Å². The molecule has 1 aromatic rings. The molecular weight excluding hydrogens is 196 g/mol. The Morgan fingerprint density at radius 2 is 2.43 bits per heavy atom. The van der Waals surface area contributed by atoms with Crippen molar-refractivity contribution in [3.05, 3.63) is 24.3 Å². The number of hydrogen-bond donors (Lipinski definition) is 3. The first-order valence-corrected chi connectivity index (χ1v) is 5.63. The maximum atomic E-state index is 9.27. The highest BCUT2D eigenvalue weighted by Gasteiger charge is 2.20. The number of hydrogen-bond acceptors (Lipinski definition) is 4. The summed E-state index contributed by atoms with van der Waals surface area (Å²) < 4.78 is 0. The summed E-state index contributed by atoms with van der Waals surface area (Å²) >= 11 is 1.86. The number of aromatic hydroxyl groups is 1. The molecule has 0 bridgehead atoms. The Balaban J connectivity index is 1.97. The van der Waals surface area contributed by atoms with Crippen LogP contribution in [0, 0.1) is 0 Å². The van der Waals surface area contributed by atoms with Gasteiger partial charge in [0, 0.05) is 23.5 Å². The van der Waals surface area contributed by atoms with E-state index in [0.717, 1.165) is 12.2 Å². The van der Waals surface area contributed by atoms with Crippen molar-refractivity contribution < 1.29 is 5.11 Å². The number of phenols is 1. The van der Waals surface area contributed by atoms with Crippen molar-refractivity contribution in [1.29, 1.82) is 0 Å². The predicted molar refractivity (Wildman–Crippen MR) is 60.6 cm³/mol. The summed E-state index contributed by atoms with van der Waals surface area (Å²) in [7, 11) is 0. The van der Waals surface area contributed by atoms with Crippen LogP contribution in [0.3, 0.4) is 0 Å². The Morgan fingerprint density at radius 1 is 1.57 bits per heavy atom. The van der Waals surface area contributed by atoms with Gasteiger partial charge in [0.05, 0.1) is 0 Å². The van der Waals surface area contributed by atoms with E-state index in [0.29, 0.717) is 11.0 Å². The Bertz CT molecular complexity index is 319. The third-order valence-electron chi connectivity index (χ3n) is 2.10. The first-order valence-electron chi connectivity index (χ1n) is 4.68. The maximum absolute atomic E-state index is 9.27. The number of thioether (sulfide) groups is 1. The van der Waals surface area contributed by atoms with Gasteiger partial charge in [0.15, 0.2) is 0 Å². The SMILES string of the molecule is C[C@H]1CNC(Nc2cccc(O)c2)S1. The van der Waals surface area contributed by atoms with E-state index in [9.17, 15) is 5.11 Å². The molecule has 3 N–H and O–H groups in total. The number of anilines is 1. The summed E-state index contributed by atoms with van der Waals surface area (Å²) in [5, 5.41) is 16.6. The molecule has 2 rings (SSSR count). The molecule has 0 aliphatic carbocycles. The van der Waals surface area contributed by atoms with E-state index in [1.54, 1.807) is 12.1 Å². The zero-order valence-electron chi connectivity index (χ0n) is 8.03. The summed E-state index contributed by atoms with van der Waals surface area (Å²) in [5.74, 6) is 0.297. The van der Waals surface area contributed by atoms with Gasteiger partial charge in [-0.3, -0.25) is 5.32 Å². The molecule has 14 heavy (non-hydrogen) atoms.